The third-order valence-corrected chi connectivity index (χ3v) is 14.2. The van der Waals surface area contributed by atoms with Crippen molar-refractivity contribution >= 4 is 0 Å². The Labute approximate surface area is 281 Å². The predicted octanol–water partition coefficient (Wildman–Crippen LogP) is 12.9. The van der Waals surface area contributed by atoms with Gasteiger partial charge < -0.3 is 9.84 Å². The van der Waals surface area contributed by atoms with Crippen LogP contribution in [0.25, 0.3) is 0 Å². The van der Waals surface area contributed by atoms with Gasteiger partial charge >= 0.3 is 0 Å². The van der Waals surface area contributed by atoms with E-state index in [0.717, 1.165) is 48.5 Å². The van der Waals surface area contributed by atoms with Gasteiger partial charge in [0.05, 0.1) is 6.10 Å². The molecule has 0 aliphatic heterocycles. The van der Waals surface area contributed by atoms with Gasteiger partial charge in [-0.1, -0.05) is 143 Å². The van der Waals surface area contributed by atoms with Gasteiger partial charge in [0.25, 0.3) is 0 Å². The number of rotatable bonds is 22. The van der Waals surface area contributed by atoms with Gasteiger partial charge in [0.1, 0.15) is 0 Å². The van der Waals surface area contributed by atoms with E-state index in [9.17, 15) is 0 Å². The first kappa shape index (κ1) is 37.5. The van der Waals surface area contributed by atoms with Crippen LogP contribution < -0.4 is 0 Å². The molecule has 262 valence electrons. The molecule has 0 aromatic carbocycles. The highest BCUT2D eigenvalue weighted by Gasteiger charge is 2.59. The van der Waals surface area contributed by atoms with Crippen LogP contribution in [0.2, 0.25) is 0 Å². The Kier molecular flexibility index (Phi) is 15.8. The highest BCUT2D eigenvalue weighted by atomic mass is 16.5. The van der Waals surface area contributed by atoms with E-state index < -0.39 is 0 Å². The van der Waals surface area contributed by atoms with Gasteiger partial charge in [0.15, 0.2) is 0 Å². The lowest BCUT2D eigenvalue weighted by molar-refractivity contribution is -0.0641. The summed E-state index contributed by atoms with van der Waals surface area (Å²) in [5.41, 5.74) is 2.84. The highest BCUT2D eigenvalue weighted by Crippen LogP contribution is 2.67. The van der Waals surface area contributed by atoms with Crippen LogP contribution in [0.5, 0.6) is 0 Å². The topological polar surface area (TPSA) is 29.5 Å². The Morgan fingerprint density at radius 2 is 1.33 bits per heavy atom. The van der Waals surface area contributed by atoms with Gasteiger partial charge in [-0.05, 0) is 111 Å². The van der Waals surface area contributed by atoms with Crippen molar-refractivity contribution in [3.63, 3.8) is 0 Å². The molecule has 0 spiro atoms. The molecule has 0 bridgehead atoms. The lowest BCUT2D eigenvalue weighted by atomic mass is 9.47. The minimum atomic E-state index is 0.366. The van der Waals surface area contributed by atoms with E-state index in [1.165, 1.54) is 154 Å². The maximum atomic E-state index is 8.85. The zero-order valence-electron chi connectivity index (χ0n) is 31.1. The zero-order chi connectivity index (χ0) is 32.1. The summed E-state index contributed by atoms with van der Waals surface area (Å²) in [6.07, 6.45) is 37.5. The van der Waals surface area contributed by atoms with Crippen molar-refractivity contribution in [2.24, 2.45) is 46.3 Å². The average molecular weight is 627 g/mol. The van der Waals surface area contributed by atoms with Gasteiger partial charge in [-0.25, -0.2) is 0 Å². The number of hydrogen-bond donors (Lipinski definition) is 1. The van der Waals surface area contributed by atoms with Crippen LogP contribution in [0.4, 0.5) is 0 Å². The second kappa shape index (κ2) is 19.0. The minimum Gasteiger partial charge on any atom is -0.396 e. The van der Waals surface area contributed by atoms with Crippen LogP contribution in [0.3, 0.4) is 0 Å². The molecule has 0 heterocycles. The van der Waals surface area contributed by atoms with Crippen molar-refractivity contribution in [3.8, 4) is 0 Å². The van der Waals surface area contributed by atoms with Crippen LogP contribution in [0, 0.1) is 46.3 Å². The first-order valence-electron chi connectivity index (χ1n) is 20.7. The van der Waals surface area contributed by atoms with Gasteiger partial charge in [-0.3, -0.25) is 0 Å². The molecule has 1 N–H and O–H groups in total. The van der Waals surface area contributed by atoms with Crippen molar-refractivity contribution in [1.82, 2.24) is 0 Å². The Morgan fingerprint density at radius 3 is 1.96 bits per heavy atom. The summed E-state index contributed by atoms with van der Waals surface area (Å²) in [5.74, 6) is 5.56. The fourth-order valence-electron chi connectivity index (χ4n) is 11.4. The molecule has 4 aliphatic carbocycles. The molecule has 4 rings (SSSR count). The van der Waals surface area contributed by atoms with Crippen molar-refractivity contribution < 1.29 is 9.84 Å². The standard InChI is InChI=1S/C43H78O2/c1-34(2)21-20-22-35(3)39-25-26-40-38-24-23-36-33-37(27-29-42(36,4)41(38)28-30-43(39,40)5)45-32-19-17-15-13-11-9-7-6-8-10-12-14-16-18-31-44/h23,34-35,37-41,44H,6-22,24-33H2,1-5H3/t35-,37?,38?,39-,40?,41?,42+,43-/m1/s1. The second-order valence-electron chi connectivity index (χ2n) is 17.7. The van der Waals surface area contributed by atoms with Gasteiger partial charge in [0, 0.05) is 13.2 Å². The molecular weight excluding hydrogens is 548 g/mol. The van der Waals surface area contributed by atoms with Gasteiger partial charge in [-0.15, -0.1) is 0 Å². The lowest BCUT2D eigenvalue weighted by Crippen LogP contribution is -2.51. The van der Waals surface area contributed by atoms with Crippen LogP contribution in [0.15, 0.2) is 11.6 Å². The Balaban J connectivity index is 1.09. The third kappa shape index (κ3) is 10.3. The summed E-state index contributed by atoms with van der Waals surface area (Å²) in [6, 6.07) is 0. The highest BCUT2D eigenvalue weighted by molar-refractivity contribution is 5.25. The molecule has 0 radical (unpaired) electrons. The quantitative estimate of drug-likeness (QED) is 0.0957. The molecule has 0 amide bonds. The normalized spacial score (nSPS) is 33.5. The Hall–Kier alpha value is -0.340. The predicted molar refractivity (Wildman–Crippen MR) is 195 cm³/mol. The van der Waals surface area contributed by atoms with Crippen molar-refractivity contribution in [2.75, 3.05) is 13.2 Å². The molecule has 45 heavy (non-hydrogen) atoms. The number of ether oxygens (including phenoxy) is 1. The maximum absolute atomic E-state index is 8.85. The summed E-state index contributed by atoms with van der Waals surface area (Å²) in [6.45, 7) is 14.2. The zero-order valence-corrected chi connectivity index (χ0v) is 31.1. The summed E-state index contributed by atoms with van der Waals surface area (Å²) in [4.78, 5) is 0. The SMILES string of the molecule is CC(C)CCC[C@@H](C)[C@H]1CCC2C3CC=C4CC(OCCCCCCCCCCCCCCCCO)CC[C@]4(C)C3CC[C@@]21C. The van der Waals surface area contributed by atoms with E-state index in [0.29, 0.717) is 23.5 Å². The summed E-state index contributed by atoms with van der Waals surface area (Å²) >= 11 is 0. The van der Waals surface area contributed by atoms with E-state index in [4.69, 9.17) is 9.84 Å². The number of unbranched alkanes of at least 4 members (excludes halogenated alkanes) is 13. The lowest BCUT2D eigenvalue weighted by Gasteiger charge is -2.58. The molecule has 0 aromatic heterocycles. The minimum absolute atomic E-state index is 0.366. The Bertz CT molecular complexity index is 847. The molecule has 0 saturated heterocycles. The number of allylic oxidation sites excluding steroid dienone is 1. The second-order valence-corrected chi connectivity index (χ2v) is 17.7. The summed E-state index contributed by atoms with van der Waals surface area (Å²) in [7, 11) is 0. The largest absolute Gasteiger partial charge is 0.396 e. The van der Waals surface area contributed by atoms with Gasteiger partial charge in [0.2, 0.25) is 0 Å². The first-order valence-corrected chi connectivity index (χ1v) is 20.7. The van der Waals surface area contributed by atoms with Crippen LogP contribution in [-0.2, 0) is 4.74 Å². The molecule has 0 aromatic rings. The van der Waals surface area contributed by atoms with Crippen LogP contribution in [0.1, 0.15) is 195 Å². The summed E-state index contributed by atoms with van der Waals surface area (Å²) < 4.78 is 6.55. The molecule has 8 atom stereocenters. The third-order valence-electron chi connectivity index (χ3n) is 14.2. The monoisotopic (exact) mass is 627 g/mol. The number of hydrogen-bond acceptors (Lipinski definition) is 2. The first-order chi connectivity index (χ1) is 21.8. The van der Waals surface area contributed by atoms with Gasteiger partial charge in [-0.2, -0.15) is 0 Å². The molecule has 4 aliphatic rings. The van der Waals surface area contributed by atoms with E-state index in [-0.39, 0.29) is 0 Å². The van der Waals surface area contributed by atoms with E-state index in [1.54, 1.807) is 5.57 Å². The van der Waals surface area contributed by atoms with Crippen LogP contribution in [-0.4, -0.2) is 24.4 Å². The fourth-order valence-corrected chi connectivity index (χ4v) is 11.4. The molecule has 4 unspecified atom stereocenters. The number of aliphatic hydroxyl groups excluding tert-OH is 1. The molecule has 3 saturated carbocycles. The van der Waals surface area contributed by atoms with Crippen molar-refractivity contribution in [2.45, 2.75) is 201 Å². The van der Waals surface area contributed by atoms with Crippen molar-refractivity contribution in [3.05, 3.63) is 11.6 Å². The van der Waals surface area contributed by atoms with E-state index >= 15 is 0 Å². The van der Waals surface area contributed by atoms with E-state index in [1.807, 2.05) is 0 Å². The Morgan fingerprint density at radius 1 is 0.711 bits per heavy atom. The molecule has 2 nitrogen and oxygen atoms in total. The molecular formula is C43H78O2. The number of fused-ring (bicyclic) bond motifs is 5. The van der Waals surface area contributed by atoms with Crippen molar-refractivity contribution in [1.29, 1.82) is 0 Å². The smallest absolute Gasteiger partial charge is 0.0612 e. The average Bonchev–Trinajstić information content (AvgIpc) is 3.38. The van der Waals surface area contributed by atoms with E-state index in [2.05, 4.69) is 40.7 Å². The maximum Gasteiger partial charge on any atom is 0.0612 e. The van der Waals surface area contributed by atoms with Crippen LogP contribution >= 0.6 is 0 Å². The number of aliphatic hydroxyl groups is 1. The fraction of sp³-hybridized carbons (Fsp3) is 0.953. The molecule has 2 heteroatoms. The summed E-state index contributed by atoms with van der Waals surface area (Å²) in [5, 5.41) is 8.85. The molecule has 3 fully saturated rings.